The number of nitrogens with zero attached hydrogens (tertiary/aromatic N) is 1. The fourth-order valence-corrected chi connectivity index (χ4v) is 1.61. The second-order valence-electron chi connectivity index (χ2n) is 3.75. The van der Waals surface area contributed by atoms with E-state index in [4.69, 9.17) is 22.5 Å². The summed E-state index contributed by atoms with van der Waals surface area (Å²) >= 11 is 6.00. The van der Waals surface area contributed by atoms with Crippen LogP contribution in [-0.4, -0.2) is 17.1 Å². The minimum Gasteiger partial charge on any atom is -0.409 e. The van der Waals surface area contributed by atoms with Crippen LogP contribution >= 0.6 is 11.6 Å². The van der Waals surface area contributed by atoms with Crippen LogP contribution in [0, 0.1) is 6.92 Å². The first-order chi connectivity index (χ1) is 7.54. The van der Waals surface area contributed by atoms with Crippen molar-refractivity contribution in [1.29, 1.82) is 0 Å². The zero-order chi connectivity index (χ0) is 12.1. The number of halogens is 1. The summed E-state index contributed by atoms with van der Waals surface area (Å²) in [6.07, 6.45) is 0.475. The van der Waals surface area contributed by atoms with E-state index in [9.17, 15) is 0 Å². The number of nitrogens with two attached hydrogens (primary N) is 1. The summed E-state index contributed by atoms with van der Waals surface area (Å²) in [5.41, 5.74) is 7.39. The van der Waals surface area contributed by atoms with Crippen LogP contribution in [0.2, 0.25) is 5.02 Å². The molecule has 4 nitrogen and oxygen atoms in total. The summed E-state index contributed by atoms with van der Waals surface area (Å²) in [6, 6.07) is 5.75. The van der Waals surface area contributed by atoms with Crippen LogP contribution in [0.25, 0.3) is 0 Å². The van der Waals surface area contributed by atoms with Crippen molar-refractivity contribution in [2.24, 2.45) is 10.9 Å². The molecule has 1 rings (SSSR count). The van der Waals surface area contributed by atoms with E-state index in [2.05, 4.69) is 10.5 Å². The Bertz CT molecular complexity index is 393. The number of rotatable bonds is 4. The first kappa shape index (κ1) is 12.6. The first-order valence-corrected chi connectivity index (χ1v) is 5.40. The van der Waals surface area contributed by atoms with Gasteiger partial charge in [-0.05, 0) is 31.5 Å². The zero-order valence-corrected chi connectivity index (χ0v) is 10.1. The molecule has 16 heavy (non-hydrogen) atoms. The van der Waals surface area contributed by atoms with Crippen molar-refractivity contribution in [3.63, 3.8) is 0 Å². The third-order valence-electron chi connectivity index (χ3n) is 2.31. The number of hydrogen-bond donors (Lipinski definition) is 3. The van der Waals surface area contributed by atoms with Gasteiger partial charge in [-0.15, -0.1) is 0 Å². The fourth-order valence-electron chi connectivity index (χ4n) is 1.43. The Labute approximate surface area is 100 Å². The minimum absolute atomic E-state index is 0.0769. The summed E-state index contributed by atoms with van der Waals surface area (Å²) < 4.78 is 0. The van der Waals surface area contributed by atoms with Gasteiger partial charge in [-0.25, -0.2) is 0 Å². The van der Waals surface area contributed by atoms with E-state index in [1.54, 1.807) is 0 Å². The third kappa shape index (κ3) is 3.31. The maximum atomic E-state index is 8.46. The molecule has 0 amide bonds. The monoisotopic (exact) mass is 241 g/mol. The predicted octanol–water partition coefficient (Wildman–Crippen LogP) is 2.59. The number of oxime groups is 1. The molecule has 0 aliphatic rings. The highest BCUT2D eigenvalue weighted by atomic mass is 35.5. The Kier molecular flexibility index (Phi) is 4.43. The molecule has 0 saturated carbocycles. The number of amidine groups is 1. The van der Waals surface area contributed by atoms with Crippen LogP contribution in [0.15, 0.2) is 23.4 Å². The smallest absolute Gasteiger partial charge is 0.141 e. The molecular weight excluding hydrogens is 226 g/mol. The van der Waals surface area contributed by atoms with Gasteiger partial charge in [0.05, 0.1) is 0 Å². The fraction of sp³-hybridized carbons (Fsp3) is 0.364. The second kappa shape index (κ2) is 5.61. The Hall–Kier alpha value is -1.42. The molecule has 5 heteroatoms. The summed E-state index contributed by atoms with van der Waals surface area (Å²) in [5, 5.41) is 15.4. The molecule has 1 aromatic rings. The number of anilines is 1. The molecule has 1 unspecified atom stereocenters. The first-order valence-electron chi connectivity index (χ1n) is 5.02. The van der Waals surface area contributed by atoms with Crippen LogP contribution < -0.4 is 11.1 Å². The molecule has 0 radical (unpaired) electrons. The maximum Gasteiger partial charge on any atom is 0.141 e. The quantitative estimate of drug-likeness (QED) is 0.328. The summed E-state index contributed by atoms with van der Waals surface area (Å²) in [7, 11) is 0. The minimum atomic E-state index is 0.0769. The molecule has 0 heterocycles. The summed E-state index contributed by atoms with van der Waals surface area (Å²) in [4.78, 5) is 0. The van der Waals surface area contributed by atoms with Crippen molar-refractivity contribution >= 4 is 23.1 Å². The molecule has 0 aliphatic carbocycles. The Morgan fingerprint density at radius 3 is 2.94 bits per heavy atom. The van der Waals surface area contributed by atoms with Gasteiger partial charge < -0.3 is 16.3 Å². The van der Waals surface area contributed by atoms with Gasteiger partial charge in [0.1, 0.15) is 5.84 Å². The highest BCUT2D eigenvalue weighted by Crippen LogP contribution is 2.23. The molecule has 0 saturated heterocycles. The lowest BCUT2D eigenvalue weighted by Gasteiger charge is -2.16. The average Bonchev–Trinajstić information content (AvgIpc) is 2.24. The van der Waals surface area contributed by atoms with Crippen molar-refractivity contribution in [3.05, 3.63) is 28.8 Å². The van der Waals surface area contributed by atoms with Crippen LogP contribution in [0.1, 0.15) is 18.9 Å². The van der Waals surface area contributed by atoms with Gasteiger partial charge in [0.15, 0.2) is 0 Å². The van der Waals surface area contributed by atoms with Crippen LogP contribution in [0.5, 0.6) is 0 Å². The van der Waals surface area contributed by atoms with E-state index < -0.39 is 0 Å². The Morgan fingerprint density at radius 2 is 2.31 bits per heavy atom. The van der Waals surface area contributed by atoms with Gasteiger partial charge >= 0.3 is 0 Å². The molecule has 0 bridgehead atoms. The molecule has 88 valence electrons. The molecule has 0 fully saturated rings. The summed E-state index contributed by atoms with van der Waals surface area (Å²) in [5.74, 6) is 0.208. The van der Waals surface area contributed by atoms with Crippen molar-refractivity contribution in [2.45, 2.75) is 26.3 Å². The van der Waals surface area contributed by atoms with E-state index >= 15 is 0 Å². The van der Waals surface area contributed by atoms with E-state index in [0.29, 0.717) is 6.42 Å². The second-order valence-corrected chi connectivity index (χ2v) is 4.16. The lowest BCUT2D eigenvalue weighted by Crippen LogP contribution is -2.24. The van der Waals surface area contributed by atoms with Crippen molar-refractivity contribution in [3.8, 4) is 0 Å². The molecule has 0 aromatic heterocycles. The van der Waals surface area contributed by atoms with Crippen LogP contribution in [0.4, 0.5) is 5.69 Å². The van der Waals surface area contributed by atoms with Crippen LogP contribution in [0.3, 0.4) is 0 Å². The largest absolute Gasteiger partial charge is 0.409 e. The molecule has 0 spiro atoms. The topological polar surface area (TPSA) is 70.6 Å². The SMILES string of the molecule is Cc1c(Cl)cccc1NC(C)CC(N)=NO. The number of nitrogens with one attached hydrogen (secondary N) is 1. The molecule has 0 aliphatic heterocycles. The van der Waals surface area contributed by atoms with Gasteiger partial charge in [-0.2, -0.15) is 0 Å². The number of hydrogen-bond acceptors (Lipinski definition) is 3. The standard InChI is InChI=1S/C11H16ClN3O/c1-7(6-11(13)15-16)14-10-5-3-4-9(12)8(10)2/h3-5,7,14,16H,6H2,1-2H3,(H2,13,15). The normalized spacial score (nSPS) is 13.6. The molecular formula is C11H16ClN3O. The molecule has 1 aromatic carbocycles. The van der Waals surface area contributed by atoms with E-state index in [-0.39, 0.29) is 11.9 Å². The van der Waals surface area contributed by atoms with Gasteiger partial charge in [-0.1, -0.05) is 22.8 Å². The van der Waals surface area contributed by atoms with Gasteiger partial charge in [0, 0.05) is 23.2 Å². The Balaban J connectivity index is 2.70. The van der Waals surface area contributed by atoms with Crippen LogP contribution in [-0.2, 0) is 0 Å². The van der Waals surface area contributed by atoms with Crippen molar-refractivity contribution < 1.29 is 5.21 Å². The van der Waals surface area contributed by atoms with E-state index in [0.717, 1.165) is 16.3 Å². The van der Waals surface area contributed by atoms with E-state index in [1.807, 2.05) is 32.0 Å². The zero-order valence-electron chi connectivity index (χ0n) is 9.37. The average molecular weight is 242 g/mol. The van der Waals surface area contributed by atoms with Gasteiger partial charge in [0.25, 0.3) is 0 Å². The summed E-state index contributed by atoms with van der Waals surface area (Å²) in [6.45, 7) is 3.90. The van der Waals surface area contributed by atoms with E-state index in [1.165, 1.54) is 0 Å². The molecule has 4 N–H and O–H groups in total. The highest BCUT2D eigenvalue weighted by molar-refractivity contribution is 6.31. The number of benzene rings is 1. The van der Waals surface area contributed by atoms with Crippen molar-refractivity contribution in [2.75, 3.05) is 5.32 Å². The maximum absolute atomic E-state index is 8.46. The molecule has 1 atom stereocenters. The third-order valence-corrected chi connectivity index (χ3v) is 2.72. The van der Waals surface area contributed by atoms with Gasteiger partial charge in [-0.3, -0.25) is 0 Å². The highest BCUT2D eigenvalue weighted by Gasteiger charge is 2.07. The van der Waals surface area contributed by atoms with Crippen molar-refractivity contribution in [1.82, 2.24) is 0 Å². The lowest BCUT2D eigenvalue weighted by atomic mass is 10.1. The Morgan fingerprint density at radius 1 is 1.62 bits per heavy atom. The van der Waals surface area contributed by atoms with Gasteiger partial charge in [0.2, 0.25) is 0 Å². The predicted molar refractivity (Wildman–Crippen MR) is 67.3 cm³/mol. The lowest BCUT2D eigenvalue weighted by molar-refractivity contribution is 0.316.